The lowest BCUT2D eigenvalue weighted by Crippen LogP contribution is -2.46. The number of para-hydroxylation sites is 2. The Morgan fingerprint density at radius 2 is 1.97 bits per heavy atom. The molecular formula is C24H37N6O2+. The molecule has 0 aromatic heterocycles. The van der Waals surface area contributed by atoms with E-state index in [0.717, 1.165) is 64.4 Å². The second-order valence-corrected chi connectivity index (χ2v) is 9.00. The van der Waals surface area contributed by atoms with Gasteiger partial charge in [0.15, 0.2) is 5.84 Å². The molecule has 8 nitrogen and oxygen atoms in total. The topological polar surface area (TPSA) is 83.2 Å². The first-order chi connectivity index (χ1) is 15.6. The number of fused-ring (bicyclic) bond motifs is 1. The lowest BCUT2D eigenvalue weighted by atomic mass is 10.1. The highest BCUT2D eigenvalue weighted by molar-refractivity contribution is 6.03. The molecule has 3 aliphatic heterocycles. The number of piperazine rings is 1. The Bertz CT molecular complexity index is 862. The predicted molar refractivity (Wildman–Crippen MR) is 128 cm³/mol. The molecule has 2 fully saturated rings. The second kappa shape index (κ2) is 10.4. The summed E-state index contributed by atoms with van der Waals surface area (Å²) < 4.78 is 6.20. The van der Waals surface area contributed by atoms with Crippen LogP contribution in [-0.4, -0.2) is 74.3 Å². The number of urea groups is 1. The maximum absolute atomic E-state index is 11.2. The second-order valence-electron chi connectivity index (χ2n) is 9.00. The zero-order valence-corrected chi connectivity index (χ0v) is 19.3. The number of unbranched alkanes of at least 4 members (excludes halogenated alkanes) is 2. The normalized spacial score (nSPS) is 23.3. The highest BCUT2D eigenvalue weighted by Crippen LogP contribution is 2.34. The van der Waals surface area contributed by atoms with E-state index in [0.29, 0.717) is 10.4 Å². The number of nitrogens with two attached hydrogens (primary N) is 1. The number of nitrogens with zero attached hydrogens (tertiary/aromatic N) is 4. The molecule has 8 heteroatoms. The fourth-order valence-corrected chi connectivity index (χ4v) is 5.21. The van der Waals surface area contributed by atoms with E-state index in [2.05, 4.69) is 27.2 Å². The van der Waals surface area contributed by atoms with Gasteiger partial charge in [-0.1, -0.05) is 17.2 Å². The molecule has 0 spiro atoms. The SMILES string of the molecule is COc1ccccc1N1CCN(CCCCC[N+]23CCCCC2=CC(NC(N)=O)=N3)CC1. The highest BCUT2D eigenvalue weighted by atomic mass is 16.5. The van der Waals surface area contributed by atoms with Gasteiger partial charge >= 0.3 is 6.03 Å². The van der Waals surface area contributed by atoms with Crippen LogP contribution in [0, 0.1) is 0 Å². The van der Waals surface area contributed by atoms with E-state index in [1.165, 1.54) is 37.1 Å². The van der Waals surface area contributed by atoms with E-state index in [1.54, 1.807) is 7.11 Å². The molecule has 3 heterocycles. The van der Waals surface area contributed by atoms with Gasteiger partial charge in [-0.05, 0) is 50.8 Å². The molecule has 0 bridgehead atoms. The zero-order valence-electron chi connectivity index (χ0n) is 19.3. The molecule has 0 radical (unpaired) electrons. The molecule has 1 atom stereocenters. The quantitative estimate of drug-likeness (QED) is 0.480. The molecule has 0 saturated carbocycles. The van der Waals surface area contributed by atoms with Crippen molar-refractivity contribution in [3.8, 4) is 5.75 Å². The molecule has 32 heavy (non-hydrogen) atoms. The molecule has 4 rings (SSSR count). The summed E-state index contributed by atoms with van der Waals surface area (Å²) in [5, 5.41) is 7.51. The Labute approximate surface area is 191 Å². The van der Waals surface area contributed by atoms with Crippen molar-refractivity contribution in [3.63, 3.8) is 0 Å². The lowest BCUT2D eigenvalue weighted by molar-refractivity contribution is -0.901. The number of benzene rings is 1. The maximum atomic E-state index is 11.2. The lowest BCUT2D eigenvalue weighted by Gasteiger charge is -2.36. The van der Waals surface area contributed by atoms with Crippen LogP contribution in [-0.2, 0) is 0 Å². The number of carbonyl (C=O) groups is 1. The number of rotatable bonds is 8. The van der Waals surface area contributed by atoms with E-state index in [9.17, 15) is 4.79 Å². The van der Waals surface area contributed by atoms with Crippen LogP contribution in [0.2, 0.25) is 0 Å². The van der Waals surface area contributed by atoms with Gasteiger partial charge < -0.3 is 15.4 Å². The number of carbonyl (C=O) groups excluding carboxylic acids is 1. The average molecular weight is 442 g/mol. The van der Waals surface area contributed by atoms with E-state index < -0.39 is 6.03 Å². The van der Waals surface area contributed by atoms with Gasteiger partial charge in [-0.25, -0.2) is 4.79 Å². The van der Waals surface area contributed by atoms with Gasteiger partial charge in [0.05, 0.1) is 12.8 Å². The number of amidine groups is 1. The van der Waals surface area contributed by atoms with Crippen LogP contribution in [0.3, 0.4) is 0 Å². The number of hydrogen-bond donors (Lipinski definition) is 2. The predicted octanol–water partition coefficient (Wildman–Crippen LogP) is 2.87. The van der Waals surface area contributed by atoms with Crippen LogP contribution in [0.4, 0.5) is 10.5 Å². The fraction of sp³-hybridized carbons (Fsp3) is 0.583. The molecule has 2 saturated heterocycles. The summed E-state index contributed by atoms with van der Waals surface area (Å²) in [6, 6.07) is 7.75. The van der Waals surface area contributed by atoms with Gasteiger partial charge in [0.2, 0.25) is 0 Å². The number of anilines is 1. The van der Waals surface area contributed by atoms with Crippen molar-refractivity contribution in [1.82, 2.24) is 10.2 Å². The first-order valence-corrected chi connectivity index (χ1v) is 11.9. The number of piperidine rings is 1. The summed E-state index contributed by atoms with van der Waals surface area (Å²) in [6.45, 7) is 7.46. The summed E-state index contributed by atoms with van der Waals surface area (Å²) in [5.74, 6) is 1.58. The molecule has 2 amide bonds. The van der Waals surface area contributed by atoms with Gasteiger partial charge in [0, 0.05) is 38.7 Å². The van der Waals surface area contributed by atoms with Gasteiger partial charge in [-0.2, -0.15) is 4.59 Å². The summed E-state index contributed by atoms with van der Waals surface area (Å²) in [6.07, 6.45) is 9.03. The summed E-state index contributed by atoms with van der Waals surface area (Å²) in [5.41, 5.74) is 7.82. The molecule has 1 aromatic rings. The molecule has 3 N–H and O–H groups in total. The highest BCUT2D eigenvalue weighted by Gasteiger charge is 2.40. The fourth-order valence-electron chi connectivity index (χ4n) is 5.21. The van der Waals surface area contributed by atoms with Crippen LogP contribution in [0.25, 0.3) is 0 Å². The van der Waals surface area contributed by atoms with Gasteiger partial charge in [0.1, 0.15) is 24.5 Å². The van der Waals surface area contributed by atoms with Crippen LogP contribution in [0.5, 0.6) is 5.75 Å². The smallest absolute Gasteiger partial charge is 0.317 e. The monoisotopic (exact) mass is 441 g/mol. The first kappa shape index (κ1) is 22.6. The Hall–Kier alpha value is -2.58. The molecule has 1 unspecified atom stereocenters. The van der Waals surface area contributed by atoms with Crippen LogP contribution < -0.4 is 20.7 Å². The molecular weight excluding hydrogens is 404 g/mol. The molecule has 174 valence electrons. The number of quaternary nitrogens is 1. The van der Waals surface area contributed by atoms with Crippen molar-refractivity contribution in [2.75, 3.05) is 57.8 Å². The van der Waals surface area contributed by atoms with Crippen LogP contribution >= 0.6 is 0 Å². The average Bonchev–Trinajstić information content (AvgIpc) is 3.16. The Balaban J connectivity index is 1.19. The Morgan fingerprint density at radius 3 is 2.75 bits per heavy atom. The van der Waals surface area contributed by atoms with Crippen molar-refractivity contribution in [3.05, 3.63) is 36.0 Å². The number of allylic oxidation sites excluding steroid dienone is 1. The van der Waals surface area contributed by atoms with E-state index >= 15 is 0 Å². The third-order valence-corrected chi connectivity index (χ3v) is 6.90. The van der Waals surface area contributed by atoms with E-state index in [-0.39, 0.29) is 0 Å². The van der Waals surface area contributed by atoms with E-state index in [1.807, 2.05) is 18.2 Å². The Morgan fingerprint density at radius 1 is 1.16 bits per heavy atom. The minimum absolute atomic E-state index is 0.538. The molecule has 0 aliphatic carbocycles. The van der Waals surface area contributed by atoms with Gasteiger partial charge in [0.25, 0.3) is 0 Å². The third-order valence-electron chi connectivity index (χ3n) is 6.90. The molecule has 1 aromatic carbocycles. The largest absolute Gasteiger partial charge is 0.495 e. The number of nitrogens with one attached hydrogen (secondary N) is 1. The number of methoxy groups -OCH3 is 1. The van der Waals surface area contributed by atoms with Crippen LogP contribution in [0.1, 0.15) is 38.5 Å². The van der Waals surface area contributed by atoms with Crippen molar-refractivity contribution in [2.45, 2.75) is 38.5 Å². The van der Waals surface area contributed by atoms with Gasteiger partial charge in [-0.3, -0.25) is 10.2 Å². The van der Waals surface area contributed by atoms with Gasteiger partial charge in [-0.15, -0.1) is 0 Å². The van der Waals surface area contributed by atoms with E-state index in [4.69, 9.17) is 15.6 Å². The van der Waals surface area contributed by atoms with Crippen molar-refractivity contribution in [2.24, 2.45) is 10.8 Å². The maximum Gasteiger partial charge on any atom is 0.317 e. The minimum Gasteiger partial charge on any atom is -0.495 e. The van der Waals surface area contributed by atoms with Crippen molar-refractivity contribution >= 4 is 17.6 Å². The number of hydrogen-bond acceptors (Lipinski definition) is 5. The van der Waals surface area contributed by atoms with Crippen molar-refractivity contribution in [1.29, 1.82) is 0 Å². The van der Waals surface area contributed by atoms with Crippen LogP contribution in [0.15, 0.2) is 41.1 Å². The number of amides is 2. The summed E-state index contributed by atoms with van der Waals surface area (Å²) >= 11 is 0. The minimum atomic E-state index is -0.538. The number of primary amides is 1. The standard InChI is InChI=1S/C24H36N6O2/c1-32-22-11-4-3-10-21(22)29-15-13-28(14-16-29)12-6-2-7-17-30-18-8-5-9-20(30)19-23(27-30)26-24(25)31/h3-4,10-11,19H,2,5-9,12-18H2,1H3,(H2-,25,26,27,31)/p+1. The zero-order chi connectivity index (χ0) is 22.4. The Kier molecular flexibility index (Phi) is 7.32. The van der Waals surface area contributed by atoms with Crippen molar-refractivity contribution < 1.29 is 14.1 Å². The molecule has 3 aliphatic rings. The summed E-state index contributed by atoms with van der Waals surface area (Å²) in [7, 11) is 1.74. The third kappa shape index (κ3) is 5.24. The summed E-state index contributed by atoms with van der Waals surface area (Å²) in [4.78, 5) is 16.2. The number of ether oxygens (including phenoxy) is 1. The first-order valence-electron chi connectivity index (χ1n) is 11.9.